The molecule has 1 N–H and O–H groups in total. The third kappa shape index (κ3) is 5.29. The normalized spacial score (nSPS) is 17.1. The minimum Gasteiger partial charge on any atom is -0.370 e. The minimum atomic E-state index is -4.59. The zero-order chi connectivity index (χ0) is 20.6. The van der Waals surface area contributed by atoms with Crippen LogP contribution in [0.2, 0.25) is 0 Å². The molecule has 1 fully saturated rings. The summed E-state index contributed by atoms with van der Waals surface area (Å²) in [7, 11) is 0. The molecule has 0 aliphatic carbocycles. The van der Waals surface area contributed by atoms with Gasteiger partial charge in [-0.3, -0.25) is 4.79 Å². The molecule has 1 aliphatic heterocycles. The van der Waals surface area contributed by atoms with E-state index in [0.29, 0.717) is 5.69 Å². The maximum atomic E-state index is 13.0. The number of carbonyl (C=O) groups excluding carboxylic acids is 1. The summed E-state index contributed by atoms with van der Waals surface area (Å²) >= 11 is 0. The van der Waals surface area contributed by atoms with Crippen molar-refractivity contribution in [1.82, 2.24) is 0 Å². The largest absolute Gasteiger partial charge is 0.416 e. The van der Waals surface area contributed by atoms with Crippen LogP contribution < -0.4 is 10.2 Å². The predicted octanol–water partition coefficient (Wildman–Crippen LogP) is 5.47. The molecule has 3 nitrogen and oxygen atoms in total. The Morgan fingerprint density at radius 3 is 2.04 bits per heavy atom. The van der Waals surface area contributed by atoms with E-state index in [-0.39, 0.29) is 31.6 Å². The van der Waals surface area contributed by atoms with Crippen molar-refractivity contribution in [2.45, 2.75) is 46.0 Å². The average Bonchev–Trinajstić information content (AvgIpc) is 2.52. The van der Waals surface area contributed by atoms with Crippen LogP contribution in [0.1, 0.15) is 39.2 Å². The summed E-state index contributed by atoms with van der Waals surface area (Å²) in [5.74, 6) is -1.90. The monoisotopic (exact) mass is 396 g/mol. The lowest BCUT2D eigenvalue weighted by Crippen LogP contribution is -2.39. The highest BCUT2D eigenvalue weighted by atomic mass is 19.4. The fourth-order valence-electron chi connectivity index (χ4n) is 2.85. The van der Waals surface area contributed by atoms with Crippen molar-refractivity contribution in [1.29, 1.82) is 0 Å². The first kappa shape index (κ1) is 21.4. The van der Waals surface area contributed by atoms with E-state index in [1.54, 1.807) is 25.7 Å². The first-order chi connectivity index (χ1) is 12.2. The van der Waals surface area contributed by atoms with Crippen LogP contribution in [0.5, 0.6) is 0 Å². The van der Waals surface area contributed by atoms with E-state index in [1.165, 1.54) is 6.07 Å². The first-order valence-electron chi connectivity index (χ1n) is 8.54. The van der Waals surface area contributed by atoms with Gasteiger partial charge in [-0.15, -0.1) is 0 Å². The number of nitrogens with zero attached hydrogens (tertiary/aromatic N) is 1. The Bertz CT molecular complexity index is 683. The molecule has 9 heteroatoms. The predicted molar refractivity (Wildman–Crippen MR) is 90.5 cm³/mol. The summed E-state index contributed by atoms with van der Waals surface area (Å²) in [6.45, 7) is 4.95. The van der Waals surface area contributed by atoms with Crippen molar-refractivity contribution in [3.63, 3.8) is 0 Å². The fraction of sp³-hybridized carbons (Fsp3) is 0.611. The molecule has 0 unspecified atom stereocenters. The topological polar surface area (TPSA) is 32.3 Å². The smallest absolute Gasteiger partial charge is 0.370 e. The molecule has 1 aromatic rings. The molecule has 1 amide bonds. The number of piperidine rings is 1. The molecule has 27 heavy (non-hydrogen) atoms. The Balaban J connectivity index is 2.31. The SMILES string of the molecule is CC(C)(C)C(=O)Nc1cc(C(F)(F)F)ccc1N1CCC(C(F)(F)F)CC1. The van der Waals surface area contributed by atoms with E-state index in [9.17, 15) is 31.1 Å². The molecule has 0 atom stereocenters. The van der Waals surface area contributed by atoms with Crippen LogP contribution in [0.4, 0.5) is 37.7 Å². The van der Waals surface area contributed by atoms with Crippen molar-refractivity contribution >= 4 is 17.3 Å². The van der Waals surface area contributed by atoms with E-state index in [1.807, 2.05) is 0 Å². The van der Waals surface area contributed by atoms with Crippen LogP contribution >= 0.6 is 0 Å². The fourth-order valence-corrected chi connectivity index (χ4v) is 2.85. The Labute approximate surface area is 153 Å². The van der Waals surface area contributed by atoms with Crippen molar-refractivity contribution in [3.8, 4) is 0 Å². The molecule has 0 aromatic heterocycles. The second-order valence-electron chi connectivity index (χ2n) is 7.74. The second kappa shape index (κ2) is 7.24. The third-order valence-electron chi connectivity index (χ3n) is 4.55. The number of rotatable bonds is 2. The van der Waals surface area contributed by atoms with E-state index >= 15 is 0 Å². The molecule has 1 aliphatic rings. The summed E-state index contributed by atoms with van der Waals surface area (Å²) in [5, 5.41) is 2.50. The average molecular weight is 396 g/mol. The molecular formula is C18H22F6N2O. The third-order valence-corrected chi connectivity index (χ3v) is 4.55. The molecule has 1 aromatic carbocycles. The van der Waals surface area contributed by atoms with Crippen molar-refractivity contribution in [3.05, 3.63) is 23.8 Å². The number of hydrogen-bond donors (Lipinski definition) is 1. The standard InChI is InChI=1S/C18H22F6N2O/c1-16(2,3)15(27)25-13-10-12(18(22,23)24)4-5-14(13)26-8-6-11(7-9-26)17(19,20)21/h4-5,10-11H,6-9H2,1-3H3,(H,25,27). The van der Waals surface area contributed by atoms with Gasteiger partial charge in [0, 0.05) is 18.5 Å². The Morgan fingerprint density at radius 2 is 1.59 bits per heavy atom. The summed E-state index contributed by atoms with van der Waals surface area (Å²) in [6, 6.07) is 2.90. The summed E-state index contributed by atoms with van der Waals surface area (Å²) in [6.07, 6.45) is -9.16. The molecule has 0 spiro atoms. The van der Waals surface area contributed by atoms with Crippen LogP contribution in [0.15, 0.2) is 18.2 Å². The zero-order valence-corrected chi connectivity index (χ0v) is 15.3. The van der Waals surface area contributed by atoms with Gasteiger partial charge in [-0.05, 0) is 31.0 Å². The Kier molecular flexibility index (Phi) is 5.73. The molecule has 1 saturated heterocycles. The molecule has 0 bridgehead atoms. The molecule has 1 heterocycles. The molecular weight excluding hydrogens is 374 g/mol. The molecule has 0 radical (unpaired) electrons. The van der Waals surface area contributed by atoms with Crippen LogP contribution in [-0.2, 0) is 11.0 Å². The zero-order valence-electron chi connectivity index (χ0n) is 15.3. The van der Waals surface area contributed by atoms with Crippen molar-refractivity contribution in [2.24, 2.45) is 11.3 Å². The Morgan fingerprint density at radius 1 is 1.04 bits per heavy atom. The highest BCUT2D eigenvalue weighted by molar-refractivity contribution is 5.97. The van der Waals surface area contributed by atoms with Gasteiger partial charge in [0.2, 0.25) is 5.91 Å². The van der Waals surface area contributed by atoms with Crippen LogP contribution in [-0.4, -0.2) is 25.2 Å². The first-order valence-corrected chi connectivity index (χ1v) is 8.54. The van der Waals surface area contributed by atoms with Gasteiger partial charge in [-0.1, -0.05) is 20.8 Å². The van der Waals surface area contributed by atoms with Crippen molar-refractivity contribution in [2.75, 3.05) is 23.3 Å². The lowest BCUT2D eigenvalue weighted by molar-refractivity contribution is -0.179. The maximum Gasteiger partial charge on any atom is 0.416 e. The maximum absolute atomic E-state index is 13.0. The van der Waals surface area contributed by atoms with Gasteiger partial charge >= 0.3 is 12.4 Å². The van der Waals surface area contributed by atoms with Gasteiger partial charge in [0.15, 0.2) is 0 Å². The summed E-state index contributed by atoms with van der Waals surface area (Å²) in [5.41, 5.74) is -1.52. The van der Waals surface area contributed by atoms with E-state index in [0.717, 1.165) is 12.1 Å². The lowest BCUT2D eigenvalue weighted by Gasteiger charge is -2.35. The number of nitrogens with one attached hydrogen (secondary N) is 1. The van der Waals surface area contributed by atoms with Gasteiger partial charge < -0.3 is 10.2 Å². The van der Waals surface area contributed by atoms with Crippen LogP contribution in [0.3, 0.4) is 0 Å². The highest BCUT2D eigenvalue weighted by Gasteiger charge is 2.41. The highest BCUT2D eigenvalue weighted by Crippen LogP contribution is 2.39. The number of anilines is 2. The van der Waals surface area contributed by atoms with Gasteiger partial charge in [0.05, 0.1) is 22.9 Å². The lowest BCUT2D eigenvalue weighted by atomic mass is 9.94. The number of benzene rings is 1. The number of carbonyl (C=O) groups is 1. The van der Waals surface area contributed by atoms with E-state index in [4.69, 9.17) is 0 Å². The quantitative estimate of drug-likeness (QED) is 0.673. The van der Waals surface area contributed by atoms with Gasteiger partial charge in [0.25, 0.3) is 0 Å². The van der Waals surface area contributed by atoms with Gasteiger partial charge in [0.1, 0.15) is 0 Å². The summed E-state index contributed by atoms with van der Waals surface area (Å²) < 4.78 is 77.6. The molecule has 2 rings (SSSR count). The number of amides is 1. The molecule has 152 valence electrons. The molecule has 0 saturated carbocycles. The summed E-state index contributed by atoms with van der Waals surface area (Å²) in [4.78, 5) is 13.8. The van der Waals surface area contributed by atoms with Crippen molar-refractivity contribution < 1.29 is 31.1 Å². The number of alkyl halides is 6. The van der Waals surface area contributed by atoms with Crippen LogP contribution in [0, 0.1) is 11.3 Å². The van der Waals surface area contributed by atoms with Crippen LogP contribution in [0.25, 0.3) is 0 Å². The van der Waals surface area contributed by atoms with E-state index in [2.05, 4.69) is 5.32 Å². The van der Waals surface area contributed by atoms with Gasteiger partial charge in [-0.2, -0.15) is 26.3 Å². The Hall–Kier alpha value is -1.93. The van der Waals surface area contributed by atoms with E-state index < -0.39 is 35.2 Å². The second-order valence-corrected chi connectivity index (χ2v) is 7.74. The minimum absolute atomic E-state index is 0.0461. The number of hydrogen-bond acceptors (Lipinski definition) is 2. The van der Waals surface area contributed by atoms with Gasteiger partial charge in [-0.25, -0.2) is 0 Å². The number of halogens is 6.